The Morgan fingerprint density at radius 2 is 0.531 bits per heavy atom. The molecule has 0 bridgehead atoms. The fourth-order valence-corrected chi connectivity index (χ4v) is 12.3. The second-order valence-corrected chi connectivity index (χ2v) is 29.2. The molecule has 0 aliphatic heterocycles. The second-order valence-electron chi connectivity index (χ2n) is 26.3. The van der Waals surface area contributed by atoms with Gasteiger partial charge in [0.1, 0.15) is 19.3 Å². The number of unbranched alkanes of at least 4 members (excludes halogenated alkanes) is 36. The minimum atomic E-state index is -4.97. The first-order valence-corrected chi connectivity index (χ1v) is 42.2. The minimum Gasteiger partial charge on any atom is -0.462 e. The molecule has 0 rings (SSSR count). The lowest BCUT2D eigenvalue weighted by Gasteiger charge is -2.21. The zero-order chi connectivity index (χ0) is 71.8. The van der Waals surface area contributed by atoms with Crippen LogP contribution in [0.15, 0.2) is 72.9 Å². The molecule has 0 aromatic heterocycles. The van der Waals surface area contributed by atoms with Gasteiger partial charge in [0, 0.05) is 25.7 Å². The molecule has 0 heterocycles. The first kappa shape index (κ1) is 94.5. The molecule has 0 saturated heterocycles. The Bertz CT molecular complexity index is 2140. The molecule has 0 spiro atoms. The van der Waals surface area contributed by atoms with E-state index < -0.39 is 97.5 Å². The van der Waals surface area contributed by atoms with Crippen LogP contribution < -0.4 is 0 Å². The van der Waals surface area contributed by atoms with Gasteiger partial charge in [-0.1, -0.05) is 300 Å². The van der Waals surface area contributed by atoms with E-state index >= 15 is 0 Å². The Balaban J connectivity index is 5.32. The van der Waals surface area contributed by atoms with Gasteiger partial charge in [0.05, 0.1) is 26.4 Å². The molecule has 0 aromatic rings. The molecule has 5 unspecified atom stereocenters. The van der Waals surface area contributed by atoms with E-state index in [4.69, 9.17) is 37.0 Å². The molecule has 0 aliphatic carbocycles. The summed E-state index contributed by atoms with van der Waals surface area (Å²) in [5.74, 6) is -2.19. The van der Waals surface area contributed by atoms with Crippen molar-refractivity contribution < 1.29 is 80.2 Å². The molecule has 0 radical (unpaired) electrons. The van der Waals surface area contributed by atoms with Crippen LogP contribution in [0.5, 0.6) is 0 Å². The van der Waals surface area contributed by atoms with Gasteiger partial charge in [0.2, 0.25) is 0 Å². The summed E-state index contributed by atoms with van der Waals surface area (Å²) in [5.41, 5.74) is 0. The lowest BCUT2D eigenvalue weighted by atomic mass is 10.0. The smallest absolute Gasteiger partial charge is 0.462 e. The largest absolute Gasteiger partial charge is 0.472 e. The first-order valence-electron chi connectivity index (χ1n) is 39.2. The van der Waals surface area contributed by atoms with E-state index in [9.17, 15) is 43.2 Å². The molecule has 0 amide bonds. The van der Waals surface area contributed by atoms with Crippen LogP contribution in [0.2, 0.25) is 0 Å². The molecule has 0 aliphatic rings. The van der Waals surface area contributed by atoms with Crippen LogP contribution in [-0.4, -0.2) is 96.7 Å². The number of hydrogen-bond donors (Lipinski definition) is 3. The third kappa shape index (κ3) is 70.9. The van der Waals surface area contributed by atoms with Crippen LogP contribution in [0.3, 0.4) is 0 Å². The van der Waals surface area contributed by atoms with Crippen LogP contribution >= 0.6 is 15.6 Å². The lowest BCUT2D eigenvalue weighted by Crippen LogP contribution is -2.30. The molecule has 5 atom stereocenters. The highest BCUT2D eigenvalue weighted by Crippen LogP contribution is 2.45. The Kier molecular flexibility index (Phi) is 69.3. The number of esters is 4. The molecule has 0 aromatic carbocycles. The predicted octanol–water partition coefficient (Wildman–Crippen LogP) is 22.4. The van der Waals surface area contributed by atoms with E-state index in [-0.39, 0.29) is 25.7 Å². The number of rotatable bonds is 74. The summed E-state index contributed by atoms with van der Waals surface area (Å²) < 4.78 is 68.5. The third-order valence-corrected chi connectivity index (χ3v) is 18.6. The fourth-order valence-electron chi connectivity index (χ4n) is 10.7. The van der Waals surface area contributed by atoms with Gasteiger partial charge in [-0.05, 0) is 96.3 Å². The SMILES string of the molecule is CC/C=C\C/C=C\C/C=C\C/C=C\CCCCCCC(=O)OCC(COP(=O)(O)OCC(O)COP(=O)(O)OCC(COC(=O)CCCCCCC/C=C\C/C=C\CCCCC)OC(=O)CCCCCCCCCCCCCCCCC)OC(=O)CCCCCCCCCCCCC. The molecular weight excluding hydrogens is 1280 g/mol. The number of carbonyl (C=O) groups is 4. The minimum absolute atomic E-state index is 0.0936. The highest BCUT2D eigenvalue weighted by atomic mass is 31.2. The van der Waals surface area contributed by atoms with Crippen LogP contribution in [0.1, 0.15) is 349 Å². The standard InChI is InChI=1S/C79H142O17P2/c1-5-9-13-17-21-25-29-32-35-36-39-41-45-48-52-56-60-64-77(82)89-69-74(95-78(83)65-61-57-53-49-43-28-24-20-16-12-8-4)71-93-97(85,86)91-67-73(80)68-92-98(87,88)94-72-75(96-79(84)66-62-58-54-50-46-42-38-34-31-27-23-19-15-11-7-3)70-90-76(81)63-59-55-51-47-44-40-37-33-30-26-22-18-14-10-6-2/h9,13,21-22,25-26,32-33,35,37,39,41,73-75,80H,5-8,10-12,14-20,23-24,27-31,34,36,38,40,42-72H2,1-4H3,(H,85,86)(H,87,88)/b13-9-,25-21-,26-22-,35-32-,37-33-,41-39-. The van der Waals surface area contributed by atoms with Crippen molar-refractivity contribution in [1.82, 2.24) is 0 Å². The number of phosphoric ester groups is 2. The summed E-state index contributed by atoms with van der Waals surface area (Å²) in [7, 11) is -9.94. The van der Waals surface area contributed by atoms with Gasteiger partial charge in [-0.3, -0.25) is 37.3 Å². The monoisotopic (exact) mass is 1420 g/mol. The Labute approximate surface area is 596 Å². The quantitative estimate of drug-likeness (QED) is 0.0169. The van der Waals surface area contributed by atoms with E-state index in [1.54, 1.807) is 0 Å². The third-order valence-electron chi connectivity index (χ3n) is 16.7. The number of aliphatic hydroxyl groups is 1. The van der Waals surface area contributed by atoms with Crippen LogP contribution in [0, 0.1) is 0 Å². The van der Waals surface area contributed by atoms with E-state index in [1.165, 1.54) is 122 Å². The molecule has 570 valence electrons. The zero-order valence-corrected chi connectivity index (χ0v) is 64.0. The summed E-state index contributed by atoms with van der Waals surface area (Å²) in [5, 5.41) is 10.6. The topological polar surface area (TPSA) is 237 Å². The number of hydrogen-bond acceptors (Lipinski definition) is 15. The number of phosphoric acid groups is 2. The Morgan fingerprint density at radius 1 is 0.296 bits per heavy atom. The van der Waals surface area contributed by atoms with Crippen LogP contribution in [0.25, 0.3) is 0 Å². The highest BCUT2D eigenvalue weighted by molar-refractivity contribution is 7.47. The average Bonchev–Trinajstić information content (AvgIpc) is 0.986. The van der Waals surface area contributed by atoms with Crippen molar-refractivity contribution in [2.75, 3.05) is 39.6 Å². The van der Waals surface area contributed by atoms with Crippen molar-refractivity contribution in [2.45, 2.75) is 367 Å². The molecule has 98 heavy (non-hydrogen) atoms. The van der Waals surface area contributed by atoms with E-state index in [1.807, 2.05) is 0 Å². The Morgan fingerprint density at radius 3 is 0.837 bits per heavy atom. The number of aliphatic hydroxyl groups excluding tert-OH is 1. The highest BCUT2D eigenvalue weighted by Gasteiger charge is 2.30. The number of carbonyl (C=O) groups excluding carboxylic acids is 4. The average molecular weight is 1430 g/mol. The van der Waals surface area contributed by atoms with Crippen LogP contribution in [-0.2, 0) is 65.4 Å². The summed E-state index contributed by atoms with van der Waals surface area (Å²) in [4.78, 5) is 72.9. The maximum atomic E-state index is 13.1. The van der Waals surface area contributed by atoms with Crippen molar-refractivity contribution in [2.24, 2.45) is 0 Å². The maximum absolute atomic E-state index is 13.1. The van der Waals surface area contributed by atoms with Crippen molar-refractivity contribution in [3.8, 4) is 0 Å². The summed E-state index contributed by atoms with van der Waals surface area (Å²) in [6, 6.07) is 0. The van der Waals surface area contributed by atoms with E-state index in [2.05, 4.69) is 101 Å². The zero-order valence-electron chi connectivity index (χ0n) is 62.2. The first-order chi connectivity index (χ1) is 47.7. The number of allylic oxidation sites excluding steroid dienone is 12. The summed E-state index contributed by atoms with van der Waals surface area (Å²) >= 11 is 0. The predicted molar refractivity (Wildman–Crippen MR) is 400 cm³/mol. The van der Waals surface area contributed by atoms with Gasteiger partial charge in [-0.2, -0.15) is 0 Å². The summed E-state index contributed by atoms with van der Waals surface area (Å²) in [6.07, 6.45) is 71.7. The van der Waals surface area contributed by atoms with Crippen molar-refractivity contribution in [3.05, 3.63) is 72.9 Å². The van der Waals surface area contributed by atoms with E-state index in [0.717, 1.165) is 148 Å². The van der Waals surface area contributed by atoms with Gasteiger partial charge >= 0.3 is 39.5 Å². The number of ether oxygens (including phenoxy) is 4. The Hall–Kier alpha value is -3.50. The molecule has 17 nitrogen and oxygen atoms in total. The van der Waals surface area contributed by atoms with Crippen molar-refractivity contribution >= 4 is 39.5 Å². The van der Waals surface area contributed by atoms with Crippen molar-refractivity contribution in [1.29, 1.82) is 0 Å². The molecule has 3 N–H and O–H groups in total. The molecule has 0 fully saturated rings. The van der Waals surface area contributed by atoms with Crippen molar-refractivity contribution in [3.63, 3.8) is 0 Å². The van der Waals surface area contributed by atoms with Gasteiger partial charge < -0.3 is 33.8 Å². The summed E-state index contributed by atoms with van der Waals surface area (Å²) in [6.45, 7) is 4.74. The van der Waals surface area contributed by atoms with Gasteiger partial charge in [0.15, 0.2) is 12.2 Å². The molecule has 19 heteroatoms. The molecule has 0 saturated carbocycles. The van der Waals surface area contributed by atoms with Gasteiger partial charge in [-0.15, -0.1) is 0 Å². The normalized spacial score (nSPS) is 14.3. The van der Waals surface area contributed by atoms with Gasteiger partial charge in [0.25, 0.3) is 0 Å². The molecular formula is C79H142O17P2. The van der Waals surface area contributed by atoms with Gasteiger partial charge in [-0.25, -0.2) is 9.13 Å². The lowest BCUT2D eigenvalue weighted by molar-refractivity contribution is -0.161. The van der Waals surface area contributed by atoms with Crippen LogP contribution in [0.4, 0.5) is 0 Å². The second kappa shape index (κ2) is 71.9. The maximum Gasteiger partial charge on any atom is 0.472 e. The fraction of sp³-hybridized carbons (Fsp3) is 0.797. The van der Waals surface area contributed by atoms with E-state index in [0.29, 0.717) is 25.7 Å².